The average Bonchev–Trinajstić information content (AvgIpc) is 3.46. The molecule has 2 saturated heterocycles. The van der Waals surface area contributed by atoms with Crippen LogP contribution in [0.25, 0.3) is 0 Å². The highest BCUT2D eigenvalue weighted by Gasteiger charge is 2.70. The topological polar surface area (TPSA) is 136 Å². The summed E-state index contributed by atoms with van der Waals surface area (Å²) in [6.07, 6.45) is 3.60. The molecule has 2 saturated carbocycles. The minimum absolute atomic E-state index is 0.0213. The summed E-state index contributed by atoms with van der Waals surface area (Å²) in [7, 11) is 1.97. The van der Waals surface area contributed by atoms with Gasteiger partial charge in [0.2, 0.25) is 23.6 Å². The number of nitrogens with one attached hydrogen (secondary N) is 3. The predicted octanol–water partition coefficient (Wildman–Crippen LogP) is 1.68. The molecule has 8 atom stereocenters. The number of piperidine rings is 1. The van der Waals surface area contributed by atoms with Crippen molar-refractivity contribution in [2.24, 2.45) is 41.5 Å². The molecule has 3 heterocycles. The van der Waals surface area contributed by atoms with Crippen LogP contribution >= 0.6 is 0 Å². The van der Waals surface area contributed by atoms with E-state index in [2.05, 4.69) is 35.9 Å². The predicted molar refractivity (Wildman–Crippen MR) is 147 cm³/mol. The molecule has 10 heteroatoms. The van der Waals surface area contributed by atoms with Crippen LogP contribution in [0, 0.1) is 45.8 Å². The van der Waals surface area contributed by atoms with Crippen LogP contribution in [0.1, 0.15) is 65.5 Å². The fraction of sp³-hybridized carbons (Fsp3) is 0.700. The number of nitriles is 1. The van der Waals surface area contributed by atoms with Gasteiger partial charge in [-0.3, -0.25) is 19.2 Å². The van der Waals surface area contributed by atoms with E-state index >= 15 is 0 Å². The molecule has 2 aliphatic heterocycles. The van der Waals surface area contributed by atoms with Crippen LogP contribution < -0.4 is 16.0 Å². The lowest BCUT2D eigenvalue weighted by molar-refractivity contribution is -0.145. The summed E-state index contributed by atoms with van der Waals surface area (Å²) in [5.41, 5.74) is 0.443. The Bertz CT molecular complexity index is 1260. The van der Waals surface area contributed by atoms with E-state index in [0.717, 1.165) is 12.1 Å². The highest BCUT2D eigenvalue weighted by molar-refractivity contribution is 5.95. The zero-order valence-corrected chi connectivity index (χ0v) is 24.4. The molecule has 0 aromatic carbocycles. The van der Waals surface area contributed by atoms with Gasteiger partial charge in [-0.25, -0.2) is 0 Å². The van der Waals surface area contributed by atoms with Gasteiger partial charge >= 0.3 is 0 Å². The van der Waals surface area contributed by atoms with Gasteiger partial charge in [0.05, 0.1) is 6.07 Å². The molecule has 10 nitrogen and oxygen atoms in total. The minimum atomic E-state index is -0.818. The average molecular weight is 551 g/mol. The normalized spacial score (nSPS) is 31.4. The molecule has 3 N–H and O–H groups in total. The maximum atomic E-state index is 14.1. The summed E-state index contributed by atoms with van der Waals surface area (Å²) in [5, 5.41) is 18.4. The Labute approximate surface area is 236 Å². The number of aryl methyl sites for hydroxylation is 1. The number of carbonyl (C=O) groups excluding carboxylic acids is 4. The molecule has 0 spiro atoms. The summed E-state index contributed by atoms with van der Waals surface area (Å²) in [4.78, 5) is 54.8. The van der Waals surface area contributed by atoms with Crippen LogP contribution in [0.15, 0.2) is 18.3 Å². The van der Waals surface area contributed by atoms with E-state index in [-0.39, 0.29) is 65.1 Å². The van der Waals surface area contributed by atoms with Gasteiger partial charge in [0, 0.05) is 49.8 Å². The van der Waals surface area contributed by atoms with E-state index in [1.165, 1.54) is 0 Å². The van der Waals surface area contributed by atoms with Gasteiger partial charge in [-0.1, -0.05) is 34.6 Å². The Morgan fingerprint density at radius 2 is 1.95 bits per heavy atom. The van der Waals surface area contributed by atoms with Gasteiger partial charge in [0.1, 0.15) is 18.1 Å². The summed E-state index contributed by atoms with van der Waals surface area (Å²) in [6.45, 7) is 11.0. The SMILES string of the molecule is Cn1cccc1C1CC1C(=O)NC(C(=O)N1CC2C(C1C(=O)NC(C#N)CC1CCNC1=O)C2(C)C)C(C)(C)C. The van der Waals surface area contributed by atoms with Crippen molar-refractivity contribution in [2.45, 2.75) is 77.9 Å². The smallest absolute Gasteiger partial charge is 0.246 e. The lowest BCUT2D eigenvalue weighted by Crippen LogP contribution is -2.60. The monoisotopic (exact) mass is 550 g/mol. The number of hydrogen-bond donors (Lipinski definition) is 3. The van der Waals surface area contributed by atoms with Crippen LogP contribution in [-0.4, -0.2) is 64.3 Å². The van der Waals surface area contributed by atoms with Crippen LogP contribution in [0.3, 0.4) is 0 Å². The Hall–Kier alpha value is -3.35. The molecule has 40 heavy (non-hydrogen) atoms. The molecule has 0 radical (unpaired) electrons. The molecular weight excluding hydrogens is 508 g/mol. The summed E-state index contributed by atoms with van der Waals surface area (Å²) in [6, 6.07) is 3.80. The van der Waals surface area contributed by atoms with Crippen LogP contribution in [-0.2, 0) is 26.2 Å². The molecule has 4 amide bonds. The maximum Gasteiger partial charge on any atom is 0.246 e. The van der Waals surface area contributed by atoms with E-state index in [1.807, 2.05) is 50.7 Å². The first kappa shape index (κ1) is 28.2. The summed E-state index contributed by atoms with van der Waals surface area (Å²) in [5.74, 6) is -1.04. The number of fused-ring (bicyclic) bond motifs is 1. The third kappa shape index (κ3) is 4.99. The van der Waals surface area contributed by atoms with E-state index in [9.17, 15) is 24.4 Å². The van der Waals surface area contributed by atoms with Crippen molar-refractivity contribution >= 4 is 23.6 Å². The van der Waals surface area contributed by atoms with Crippen LogP contribution in [0.4, 0.5) is 0 Å². The molecule has 4 aliphatic rings. The van der Waals surface area contributed by atoms with Gasteiger partial charge in [-0.2, -0.15) is 5.26 Å². The van der Waals surface area contributed by atoms with E-state index < -0.39 is 23.5 Å². The molecule has 4 fully saturated rings. The zero-order valence-electron chi connectivity index (χ0n) is 24.4. The van der Waals surface area contributed by atoms with Crippen molar-refractivity contribution in [3.8, 4) is 6.07 Å². The molecule has 1 aromatic rings. The highest BCUT2D eigenvalue weighted by atomic mass is 16.2. The molecule has 216 valence electrons. The lowest BCUT2D eigenvalue weighted by atomic mass is 9.85. The molecule has 1 aromatic heterocycles. The fourth-order valence-electron chi connectivity index (χ4n) is 7.10. The van der Waals surface area contributed by atoms with Crippen molar-refractivity contribution < 1.29 is 19.2 Å². The van der Waals surface area contributed by atoms with Crippen molar-refractivity contribution in [1.82, 2.24) is 25.4 Å². The number of carbonyl (C=O) groups is 4. The summed E-state index contributed by atoms with van der Waals surface area (Å²) < 4.78 is 2.03. The fourth-order valence-corrected chi connectivity index (χ4v) is 7.10. The number of likely N-dealkylation sites (tertiary alicyclic amines) is 1. The number of aromatic nitrogens is 1. The van der Waals surface area contributed by atoms with Gasteiger partial charge in [0.25, 0.3) is 0 Å². The summed E-state index contributed by atoms with van der Waals surface area (Å²) >= 11 is 0. The minimum Gasteiger partial charge on any atom is -0.356 e. The standard InChI is InChI=1S/C30H42N6O4/c1-29(2,3)24(34-26(38)19-13-18(19)21-8-7-11-35(21)6)28(40)36-15-20-22(30(20,4)5)23(36)27(39)33-17(14-31)12-16-9-10-32-25(16)37/h7-8,11,16-20,22-24H,9-10,12-13,15H2,1-6H3,(H,32,37)(H,33,39)(H,34,38). The van der Waals surface area contributed by atoms with Crippen molar-refractivity contribution in [2.75, 3.05) is 13.1 Å². The quantitative estimate of drug-likeness (QED) is 0.452. The maximum absolute atomic E-state index is 14.1. The molecule has 2 aliphatic carbocycles. The van der Waals surface area contributed by atoms with Gasteiger partial charge < -0.3 is 25.4 Å². The van der Waals surface area contributed by atoms with E-state index in [4.69, 9.17) is 0 Å². The third-order valence-corrected chi connectivity index (χ3v) is 9.81. The lowest BCUT2D eigenvalue weighted by Gasteiger charge is -2.38. The second-order valence-electron chi connectivity index (χ2n) is 13.9. The van der Waals surface area contributed by atoms with Crippen LogP contribution in [0.5, 0.6) is 0 Å². The molecular formula is C30H42N6O4. The van der Waals surface area contributed by atoms with E-state index in [1.54, 1.807) is 4.90 Å². The molecule has 8 unspecified atom stereocenters. The second kappa shape index (κ2) is 9.93. The number of amides is 4. The first-order valence-electron chi connectivity index (χ1n) is 14.5. The molecule has 0 bridgehead atoms. The third-order valence-electron chi connectivity index (χ3n) is 9.81. The van der Waals surface area contributed by atoms with E-state index in [0.29, 0.717) is 19.5 Å². The Kier molecular flexibility index (Phi) is 7.00. The van der Waals surface area contributed by atoms with Gasteiger partial charge in [-0.15, -0.1) is 0 Å². The van der Waals surface area contributed by atoms with Crippen molar-refractivity contribution in [1.29, 1.82) is 5.26 Å². The first-order chi connectivity index (χ1) is 18.8. The first-order valence-corrected chi connectivity index (χ1v) is 14.5. The Morgan fingerprint density at radius 1 is 1.23 bits per heavy atom. The van der Waals surface area contributed by atoms with Gasteiger partial charge in [0.15, 0.2) is 0 Å². The number of hydrogen-bond acceptors (Lipinski definition) is 5. The van der Waals surface area contributed by atoms with Crippen molar-refractivity contribution in [3.63, 3.8) is 0 Å². The Morgan fingerprint density at radius 3 is 2.52 bits per heavy atom. The van der Waals surface area contributed by atoms with Gasteiger partial charge in [-0.05, 0) is 54.1 Å². The second-order valence-corrected chi connectivity index (χ2v) is 13.9. The zero-order chi connectivity index (χ0) is 29.1. The van der Waals surface area contributed by atoms with Crippen LogP contribution in [0.2, 0.25) is 0 Å². The number of rotatable bonds is 8. The molecule has 5 rings (SSSR count). The van der Waals surface area contributed by atoms with Crippen molar-refractivity contribution in [3.05, 3.63) is 24.0 Å². The Balaban J connectivity index is 1.30. The largest absolute Gasteiger partial charge is 0.356 e. The highest BCUT2D eigenvalue weighted by Crippen LogP contribution is 2.65. The number of nitrogens with zero attached hydrogens (tertiary/aromatic N) is 3.